The maximum absolute atomic E-state index is 11.6. The SMILES string of the molecule is CS(=O)(=O)c1nc(CN2CCC(c3c[nH]c4ccccc34)CC2)c(N)s1. The van der Waals surface area contributed by atoms with Gasteiger partial charge < -0.3 is 10.7 Å². The number of hydrogen-bond acceptors (Lipinski definition) is 6. The average molecular weight is 391 g/mol. The van der Waals surface area contributed by atoms with Crippen LogP contribution < -0.4 is 5.73 Å². The van der Waals surface area contributed by atoms with E-state index in [-0.39, 0.29) is 4.34 Å². The summed E-state index contributed by atoms with van der Waals surface area (Å²) in [4.78, 5) is 9.92. The molecule has 1 aromatic carbocycles. The quantitative estimate of drug-likeness (QED) is 0.714. The number of sulfone groups is 1. The number of para-hydroxylation sites is 1. The van der Waals surface area contributed by atoms with Crippen molar-refractivity contribution in [2.24, 2.45) is 0 Å². The maximum Gasteiger partial charge on any atom is 0.211 e. The highest BCUT2D eigenvalue weighted by atomic mass is 32.2. The highest BCUT2D eigenvalue weighted by Crippen LogP contribution is 2.34. The summed E-state index contributed by atoms with van der Waals surface area (Å²) < 4.78 is 23.4. The van der Waals surface area contributed by atoms with Gasteiger partial charge >= 0.3 is 0 Å². The van der Waals surface area contributed by atoms with Gasteiger partial charge in [-0.15, -0.1) is 0 Å². The van der Waals surface area contributed by atoms with Gasteiger partial charge in [-0.2, -0.15) is 0 Å². The maximum atomic E-state index is 11.6. The van der Waals surface area contributed by atoms with Crippen LogP contribution in [0.5, 0.6) is 0 Å². The third-order valence-electron chi connectivity index (χ3n) is 5.05. The first-order valence-corrected chi connectivity index (χ1v) is 11.4. The van der Waals surface area contributed by atoms with E-state index in [1.165, 1.54) is 22.7 Å². The summed E-state index contributed by atoms with van der Waals surface area (Å²) in [6.45, 7) is 2.52. The second-order valence-corrected chi connectivity index (χ2v) is 10.1. The molecule has 0 radical (unpaired) electrons. The van der Waals surface area contributed by atoms with Crippen LogP contribution in [0.2, 0.25) is 0 Å². The van der Waals surface area contributed by atoms with E-state index in [0.29, 0.717) is 23.2 Å². The van der Waals surface area contributed by atoms with Gasteiger partial charge in [0.25, 0.3) is 0 Å². The Bertz CT molecular complexity index is 1030. The lowest BCUT2D eigenvalue weighted by Crippen LogP contribution is -2.32. The Morgan fingerprint density at radius 3 is 2.73 bits per heavy atom. The molecule has 0 aliphatic carbocycles. The normalized spacial score (nSPS) is 17.1. The highest BCUT2D eigenvalue weighted by molar-refractivity contribution is 7.92. The molecule has 0 saturated carbocycles. The van der Waals surface area contributed by atoms with Gasteiger partial charge in [0.05, 0.1) is 5.69 Å². The standard InChI is InChI=1S/C18H22N4O2S2/c1-26(23,24)18-21-16(17(19)25-18)11-22-8-6-12(7-9-22)14-10-20-15-5-3-2-4-13(14)15/h2-5,10,12,20H,6-9,11,19H2,1H3. The molecule has 1 aliphatic heterocycles. The first kappa shape index (κ1) is 17.5. The fraction of sp³-hybridized carbons (Fsp3) is 0.389. The van der Waals surface area contributed by atoms with Crippen LogP contribution in [-0.4, -0.2) is 42.6 Å². The van der Waals surface area contributed by atoms with Crippen LogP contribution in [0.3, 0.4) is 0 Å². The molecule has 0 atom stereocenters. The summed E-state index contributed by atoms with van der Waals surface area (Å²) in [5.41, 5.74) is 9.25. The number of nitrogens with zero attached hydrogens (tertiary/aromatic N) is 2. The van der Waals surface area contributed by atoms with E-state index in [0.717, 1.165) is 37.3 Å². The van der Waals surface area contributed by atoms with Gasteiger partial charge in [0.1, 0.15) is 5.00 Å². The van der Waals surface area contributed by atoms with E-state index in [4.69, 9.17) is 5.73 Å². The van der Waals surface area contributed by atoms with E-state index in [1.54, 1.807) is 0 Å². The van der Waals surface area contributed by atoms with E-state index in [1.807, 2.05) is 6.07 Å². The second kappa shape index (κ2) is 6.68. The van der Waals surface area contributed by atoms with Crippen LogP contribution in [0.15, 0.2) is 34.8 Å². The summed E-state index contributed by atoms with van der Waals surface area (Å²) in [7, 11) is -3.30. The molecule has 1 saturated heterocycles. The molecular formula is C18H22N4O2S2. The number of thiazole rings is 1. The fourth-order valence-corrected chi connectivity index (χ4v) is 5.38. The summed E-state index contributed by atoms with van der Waals surface area (Å²) in [5, 5.41) is 1.82. The number of aromatic amines is 1. The lowest BCUT2D eigenvalue weighted by molar-refractivity contribution is 0.203. The molecule has 2 aromatic heterocycles. The molecule has 3 heterocycles. The van der Waals surface area contributed by atoms with Crippen molar-refractivity contribution in [3.05, 3.63) is 41.7 Å². The first-order chi connectivity index (χ1) is 12.4. The van der Waals surface area contributed by atoms with Crippen molar-refractivity contribution in [2.75, 3.05) is 25.1 Å². The number of H-pyrrole nitrogens is 1. The number of piperidine rings is 1. The molecular weight excluding hydrogens is 368 g/mol. The van der Waals surface area contributed by atoms with E-state index in [2.05, 4.69) is 39.3 Å². The minimum absolute atomic E-state index is 0.110. The summed E-state index contributed by atoms with van der Waals surface area (Å²) in [6, 6.07) is 8.42. The van der Waals surface area contributed by atoms with Crippen LogP contribution >= 0.6 is 11.3 Å². The molecule has 6 nitrogen and oxygen atoms in total. The lowest BCUT2D eigenvalue weighted by atomic mass is 9.89. The molecule has 8 heteroatoms. The molecule has 0 bridgehead atoms. The van der Waals surface area contributed by atoms with E-state index in [9.17, 15) is 8.42 Å². The molecule has 0 amide bonds. The van der Waals surface area contributed by atoms with E-state index < -0.39 is 9.84 Å². The minimum atomic E-state index is -3.30. The molecule has 3 N–H and O–H groups in total. The summed E-state index contributed by atoms with van der Waals surface area (Å²) in [5.74, 6) is 0.543. The monoisotopic (exact) mass is 390 g/mol. The third-order valence-corrected chi connectivity index (χ3v) is 7.65. The number of aromatic nitrogens is 2. The Kier molecular flexibility index (Phi) is 4.50. The van der Waals surface area contributed by atoms with Crippen molar-refractivity contribution in [1.82, 2.24) is 14.9 Å². The lowest BCUT2D eigenvalue weighted by Gasteiger charge is -2.31. The Labute approximate surface area is 157 Å². The summed E-state index contributed by atoms with van der Waals surface area (Å²) >= 11 is 1.06. The Hall–Kier alpha value is -1.90. The Morgan fingerprint density at radius 2 is 2.04 bits per heavy atom. The molecule has 0 unspecified atom stereocenters. The van der Waals surface area contributed by atoms with Crippen LogP contribution in [0.25, 0.3) is 10.9 Å². The molecule has 4 rings (SSSR count). The first-order valence-electron chi connectivity index (χ1n) is 8.65. The third kappa shape index (κ3) is 3.36. The van der Waals surface area contributed by atoms with Crippen molar-refractivity contribution in [1.29, 1.82) is 0 Å². The average Bonchev–Trinajstić information content (AvgIpc) is 3.20. The number of anilines is 1. The zero-order valence-electron chi connectivity index (χ0n) is 14.6. The van der Waals surface area contributed by atoms with Crippen LogP contribution in [0.1, 0.15) is 30.0 Å². The number of likely N-dealkylation sites (tertiary alicyclic amines) is 1. The van der Waals surface area contributed by atoms with Gasteiger partial charge in [-0.3, -0.25) is 4.90 Å². The van der Waals surface area contributed by atoms with Crippen LogP contribution in [0.4, 0.5) is 5.00 Å². The van der Waals surface area contributed by atoms with Gasteiger partial charge in [0, 0.05) is 29.9 Å². The Balaban J connectivity index is 1.44. The number of fused-ring (bicyclic) bond motifs is 1. The van der Waals surface area contributed by atoms with Crippen molar-refractivity contribution < 1.29 is 8.42 Å². The number of nitrogens with two attached hydrogens (primary N) is 1. The number of benzene rings is 1. The zero-order chi connectivity index (χ0) is 18.3. The minimum Gasteiger partial charge on any atom is -0.389 e. The number of nitrogens with one attached hydrogen (secondary N) is 1. The van der Waals surface area contributed by atoms with Crippen molar-refractivity contribution in [3.8, 4) is 0 Å². The molecule has 138 valence electrons. The topological polar surface area (TPSA) is 92.1 Å². The highest BCUT2D eigenvalue weighted by Gasteiger charge is 2.24. The predicted molar refractivity (Wildman–Crippen MR) is 105 cm³/mol. The smallest absolute Gasteiger partial charge is 0.211 e. The Morgan fingerprint density at radius 1 is 1.31 bits per heavy atom. The van der Waals surface area contributed by atoms with Gasteiger partial charge in [-0.1, -0.05) is 29.5 Å². The van der Waals surface area contributed by atoms with Crippen molar-refractivity contribution in [2.45, 2.75) is 29.6 Å². The van der Waals surface area contributed by atoms with Crippen LogP contribution in [0, 0.1) is 0 Å². The molecule has 26 heavy (non-hydrogen) atoms. The van der Waals surface area contributed by atoms with Gasteiger partial charge in [-0.25, -0.2) is 13.4 Å². The van der Waals surface area contributed by atoms with Crippen molar-refractivity contribution >= 4 is 37.1 Å². The fourth-order valence-electron chi connectivity index (χ4n) is 3.66. The van der Waals surface area contributed by atoms with Crippen LogP contribution in [-0.2, 0) is 16.4 Å². The molecule has 3 aromatic rings. The predicted octanol–water partition coefficient (Wildman–Crippen LogP) is 2.99. The second-order valence-electron chi connectivity index (χ2n) is 6.90. The largest absolute Gasteiger partial charge is 0.389 e. The van der Waals surface area contributed by atoms with Gasteiger partial charge in [0.2, 0.25) is 14.2 Å². The molecule has 0 spiro atoms. The summed E-state index contributed by atoms with van der Waals surface area (Å²) in [6.07, 6.45) is 5.46. The number of nitrogen functional groups attached to an aromatic ring is 1. The molecule has 1 fully saturated rings. The van der Waals surface area contributed by atoms with Gasteiger partial charge in [0.15, 0.2) is 0 Å². The molecule has 1 aliphatic rings. The van der Waals surface area contributed by atoms with E-state index >= 15 is 0 Å². The van der Waals surface area contributed by atoms with Crippen molar-refractivity contribution in [3.63, 3.8) is 0 Å². The number of hydrogen-bond donors (Lipinski definition) is 2. The van der Waals surface area contributed by atoms with Gasteiger partial charge in [-0.05, 0) is 43.5 Å². The zero-order valence-corrected chi connectivity index (χ0v) is 16.2. The number of rotatable bonds is 4.